The summed E-state index contributed by atoms with van der Waals surface area (Å²) < 4.78 is 48.4. The van der Waals surface area contributed by atoms with Crippen LogP contribution < -0.4 is 19.4 Å². The number of halogens is 3. The minimum Gasteiger partial charge on any atom is -0.497 e. The van der Waals surface area contributed by atoms with Gasteiger partial charge in [-0.25, -0.2) is 4.98 Å². The third-order valence-corrected chi connectivity index (χ3v) is 4.63. The van der Waals surface area contributed by atoms with Crippen molar-refractivity contribution in [2.75, 3.05) is 45.3 Å². The number of aromatic nitrogens is 1. The average molecular weight is 396 g/mol. The number of piperazine rings is 1. The first-order valence-electron chi connectivity index (χ1n) is 8.68. The first-order valence-corrected chi connectivity index (χ1v) is 8.68. The second-order valence-corrected chi connectivity index (χ2v) is 6.34. The molecule has 9 heteroatoms. The molecule has 150 valence electrons. The summed E-state index contributed by atoms with van der Waals surface area (Å²) in [6.45, 7) is 1.92. The standard InChI is InChI=1S/C19H20F3N3O3/c1-27-15-9-13(10-16(11-15)28-2)18(26)25-7-5-24(6-8-25)17-4-3-14(12-23-17)19(20,21)22/h3-4,9-12H,5-8H2,1-2H3/p+1. The predicted octanol–water partition coefficient (Wildman–Crippen LogP) is 2.50. The lowest BCUT2D eigenvalue weighted by molar-refractivity contribution is -0.367. The van der Waals surface area contributed by atoms with Crippen LogP contribution in [0.1, 0.15) is 15.9 Å². The van der Waals surface area contributed by atoms with Crippen molar-refractivity contribution in [2.45, 2.75) is 6.18 Å². The van der Waals surface area contributed by atoms with Crippen LogP contribution in [0.5, 0.6) is 11.5 Å². The number of hydrogen-bond donors (Lipinski definition) is 0. The Hall–Kier alpha value is -2.97. The molecule has 1 aromatic heterocycles. The van der Waals surface area contributed by atoms with Gasteiger partial charge in [0.05, 0.1) is 32.9 Å². The molecule has 1 fully saturated rings. The minimum absolute atomic E-state index is 0.145. The van der Waals surface area contributed by atoms with Crippen molar-refractivity contribution < 1.29 is 32.4 Å². The highest BCUT2D eigenvalue weighted by Crippen LogP contribution is 2.28. The highest BCUT2D eigenvalue weighted by molar-refractivity contribution is 5.95. The third kappa shape index (κ3) is 4.29. The number of benzene rings is 1. The number of nitrogens with zero attached hydrogens (tertiary/aromatic N) is 2. The van der Waals surface area contributed by atoms with Gasteiger partial charge in [0.15, 0.2) is 0 Å². The fourth-order valence-corrected chi connectivity index (χ4v) is 3.05. The van der Waals surface area contributed by atoms with Gasteiger partial charge < -0.3 is 14.4 Å². The van der Waals surface area contributed by atoms with Gasteiger partial charge in [0.25, 0.3) is 11.7 Å². The summed E-state index contributed by atoms with van der Waals surface area (Å²) in [7, 11) is 3.03. The van der Waals surface area contributed by atoms with E-state index in [9.17, 15) is 18.0 Å². The third-order valence-electron chi connectivity index (χ3n) is 4.63. The monoisotopic (exact) mass is 396 g/mol. The van der Waals surface area contributed by atoms with Gasteiger partial charge in [-0.05, 0) is 18.2 Å². The summed E-state index contributed by atoms with van der Waals surface area (Å²) in [5, 5.41) is 0. The molecule has 0 aliphatic carbocycles. The highest BCUT2D eigenvalue weighted by Gasteiger charge is 2.33. The Kier molecular flexibility index (Phi) is 5.62. The molecular weight excluding hydrogens is 375 g/mol. The fourth-order valence-electron chi connectivity index (χ4n) is 3.05. The highest BCUT2D eigenvalue weighted by atomic mass is 19.4. The van der Waals surface area contributed by atoms with Gasteiger partial charge in [-0.1, -0.05) is 0 Å². The SMILES string of the molecule is COc1cc(OC)cc(C(=O)N2CCN(c3ccc(C(F)(F)F)c[nH+]3)CC2)c1. The van der Waals surface area contributed by atoms with Crippen molar-refractivity contribution in [1.29, 1.82) is 0 Å². The number of methoxy groups -OCH3 is 2. The zero-order chi connectivity index (χ0) is 20.3. The molecule has 0 bridgehead atoms. The molecule has 0 spiro atoms. The number of rotatable bonds is 4. The predicted molar refractivity (Wildman–Crippen MR) is 95.7 cm³/mol. The number of pyridine rings is 1. The number of amides is 1. The van der Waals surface area contributed by atoms with Gasteiger partial charge in [0.1, 0.15) is 30.8 Å². The van der Waals surface area contributed by atoms with Gasteiger partial charge in [0, 0.05) is 17.7 Å². The number of H-pyrrole nitrogens is 1. The quantitative estimate of drug-likeness (QED) is 0.797. The molecule has 28 heavy (non-hydrogen) atoms. The smallest absolute Gasteiger partial charge is 0.419 e. The van der Waals surface area contributed by atoms with E-state index < -0.39 is 11.7 Å². The fraction of sp³-hybridized carbons (Fsp3) is 0.368. The Morgan fingerprint density at radius 3 is 2.07 bits per heavy atom. The van der Waals surface area contributed by atoms with Gasteiger partial charge in [-0.15, -0.1) is 0 Å². The summed E-state index contributed by atoms with van der Waals surface area (Å²) in [6.07, 6.45) is -3.42. The van der Waals surface area contributed by atoms with Crippen molar-refractivity contribution in [1.82, 2.24) is 4.90 Å². The van der Waals surface area contributed by atoms with E-state index in [0.29, 0.717) is 49.1 Å². The molecule has 0 radical (unpaired) electrons. The normalized spacial score (nSPS) is 14.8. The number of alkyl halides is 3. The molecule has 0 saturated carbocycles. The lowest BCUT2D eigenvalue weighted by atomic mass is 10.1. The second-order valence-electron chi connectivity index (χ2n) is 6.34. The maximum atomic E-state index is 12.8. The second kappa shape index (κ2) is 7.95. The summed E-state index contributed by atoms with van der Waals surface area (Å²) >= 11 is 0. The number of aromatic amines is 1. The maximum Gasteiger partial charge on any atom is 0.419 e. The molecule has 1 saturated heterocycles. The Balaban J connectivity index is 1.66. The molecule has 1 amide bonds. The van der Waals surface area contributed by atoms with E-state index >= 15 is 0 Å². The molecule has 1 aliphatic rings. The zero-order valence-corrected chi connectivity index (χ0v) is 15.5. The van der Waals surface area contributed by atoms with Crippen molar-refractivity contribution in [3.8, 4) is 11.5 Å². The molecule has 0 atom stereocenters. The van der Waals surface area contributed by atoms with E-state index in [-0.39, 0.29) is 5.91 Å². The van der Waals surface area contributed by atoms with Crippen LogP contribution in [-0.4, -0.2) is 51.2 Å². The van der Waals surface area contributed by atoms with Crippen LogP contribution in [0.25, 0.3) is 0 Å². The number of carbonyl (C=O) groups is 1. The molecule has 2 heterocycles. The largest absolute Gasteiger partial charge is 0.497 e. The average Bonchev–Trinajstić information content (AvgIpc) is 2.72. The molecule has 6 nitrogen and oxygen atoms in total. The van der Waals surface area contributed by atoms with E-state index in [0.717, 1.165) is 12.3 Å². The van der Waals surface area contributed by atoms with Crippen molar-refractivity contribution in [2.24, 2.45) is 0 Å². The van der Waals surface area contributed by atoms with Gasteiger partial charge in [0.2, 0.25) is 0 Å². The Bertz CT molecular complexity index is 810. The Morgan fingerprint density at radius 2 is 1.61 bits per heavy atom. The number of anilines is 1. The molecular formula is C19H21F3N3O3+. The Labute approximate surface area is 160 Å². The zero-order valence-electron chi connectivity index (χ0n) is 15.5. The van der Waals surface area contributed by atoms with Crippen LogP contribution in [0.3, 0.4) is 0 Å². The van der Waals surface area contributed by atoms with Crippen molar-refractivity contribution in [3.63, 3.8) is 0 Å². The topological polar surface area (TPSA) is 56.2 Å². The lowest BCUT2D eigenvalue weighted by Gasteiger charge is -2.31. The molecule has 1 aromatic carbocycles. The van der Waals surface area contributed by atoms with Gasteiger partial charge in [-0.2, -0.15) is 13.2 Å². The number of hydrogen-bond acceptors (Lipinski definition) is 4. The lowest BCUT2D eigenvalue weighted by Crippen LogP contribution is -2.50. The summed E-state index contributed by atoms with van der Waals surface area (Å²) in [6, 6.07) is 7.45. The van der Waals surface area contributed by atoms with Crippen molar-refractivity contribution in [3.05, 3.63) is 47.7 Å². The number of carbonyl (C=O) groups excluding carboxylic acids is 1. The molecule has 0 unspecified atom stereocenters. The van der Waals surface area contributed by atoms with E-state index in [1.54, 1.807) is 23.1 Å². The van der Waals surface area contributed by atoms with Crippen LogP contribution in [-0.2, 0) is 6.18 Å². The van der Waals surface area contributed by atoms with Crippen LogP contribution in [0, 0.1) is 0 Å². The molecule has 2 aromatic rings. The number of nitrogens with one attached hydrogen (secondary N) is 1. The first kappa shape index (κ1) is 19.8. The van der Waals surface area contributed by atoms with Crippen LogP contribution in [0.15, 0.2) is 36.5 Å². The maximum absolute atomic E-state index is 12.8. The summed E-state index contributed by atoms with van der Waals surface area (Å²) in [5.41, 5.74) is -0.261. The van der Waals surface area contributed by atoms with Gasteiger partial charge >= 0.3 is 6.18 Å². The summed E-state index contributed by atoms with van der Waals surface area (Å²) in [5.74, 6) is 1.50. The van der Waals surface area contributed by atoms with Crippen molar-refractivity contribution >= 4 is 11.7 Å². The van der Waals surface area contributed by atoms with Gasteiger partial charge in [-0.3, -0.25) is 9.69 Å². The molecule has 1 aliphatic heterocycles. The number of ether oxygens (including phenoxy) is 2. The first-order chi connectivity index (χ1) is 13.3. The molecule has 3 rings (SSSR count). The van der Waals surface area contributed by atoms with E-state index in [2.05, 4.69) is 4.98 Å². The van der Waals surface area contributed by atoms with Crippen LogP contribution in [0.2, 0.25) is 0 Å². The van der Waals surface area contributed by atoms with E-state index in [1.807, 2.05) is 4.90 Å². The van der Waals surface area contributed by atoms with E-state index in [1.165, 1.54) is 20.3 Å². The minimum atomic E-state index is -4.38. The molecule has 1 N–H and O–H groups in total. The van der Waals surface area contributed by atoms with E-state index in [4.69, 9.17) is 9.47 Å². The Morgan fingerprint density at radius 1 is 1.00 bits per heavy atom. The van der Waals surface area contributed by atoms with Crippen LogP contribution in [0.4, 0.5) is 19.0 Å². The van der Waals surface area contributed by atoms with Crippen LogP contribution >= 0.6 is 0 Å². The summed E-state index contributed by atoms with van der Waals surface area (Å²) in [4.78, 5) is 19.1.